The fraction of sp³-hybridized carbons (Fsp3) is 0.588. The average molecular weight is 293 g/mol. The summed E-state index contributed by atoms with van der Waals surface area (Å²) in [7, 11) is 0. The van der Waals surface area contributed by atoms with Gasteiger partial charge >= 0.3 is 0 Å². The Morgan fingerprint density at radius 2 is 2.05 bits per heavy atom. The Bertz CT molecular complexity index is 471. The van der Waals surface area contributed by atoms with Gasteiger partial charge in [-0.15, -0.1) is 0 Å². The lowest BCUT2D eigenvalue weighted by Gasteiger charge is -2.25. The van der Waals surface area contributed by atoms with Gasteiger partial charge in [-0.25, -0.2) is 0 Å². The molecule has 0 aliphatic carbocycles. The summed E-state index contributed by atoms with van der Waals surface area (Å²) >= 11 is 0. The largest absolute Gasteiger partial charge is 0.491 e. The lowest BCUT2D eigenvalue weighted by atomic mass is 9.99. The Hall–Kier alpha value is -1.55. The monoisotopic (exact) mass is 293 g/mol. The highest BCUT2D eigenvalue weighted by molar-refractivity contribution is 5.97. The molecule has 0 bridgehead atoms. The molecule has 1 aliphatic rings. The van der Waals surface area contributed by atoms with Crippen LogP contribution in [-0.2, 0) is 0 Å². The molecule has 118 valence electrons. The maximum atomic E-state index is 12.5. The minimum Gasteiger partial charge on any atom is -0.491 e. The number of benzene rings is 1. The van der Waals surface area contributed by atoms with Crippen molar-refractivity contribution in [3.05, 3.63) is 29.3 Å². The predicted molar refractivity (Wildman–Crippen MR) is 85.0 cm³/mol. The zero-order valence-corrected chi connectivity index (χ0v) is 13.7. The number of hydrogen-bond acceptors (Lipinski definition) is 3. The van der Waals surface area contributed by atoms with E-state index in [1.807, 2.05) is 39.0 Å². The van der Waals surface area contributed by atoms with Gasteiger partial charge in [0, 0.05) is 6.54 Å². The van der Waals surface area contributed by atoms with Crippen LogP contribution in [0.4, 0.5) is 0 Å². The molecular weight excluding hydrogens is 266 g/mol. The first-order valence-electron chi connectivity index (χ1n) is 7.73. The second-order valence-corrected chi connectivity index (χ2v) is 5.29. The van der Waals surface area contributed by atoms with Gasteiger partial charge in [0.25, 0.3) is 5.91 Å². The maximum absolute atomic E-state index is 12.5. The first kappa shape index (κ1) is 17.5. The van der Waals surface area contributed by atoms with E-state index in [9.17, 15) is 4.79 Å². The van der Waals surface area contributed by atoms with Crippen molar-refractivity contribution >= 4 is 5.91 Å². The molecular formula is C17H27NO3. The molecule has 0 fully saturated rings. The normalized spacial score (nSPS) is 17.6. The number of nitrogens with zero attached hydrogens (tertiary/aromatic N) is 1. The average Bonchev–Trinajstić information content (AvgIpc) is 2.61. The molecule has 1 aliphatic heterocycles. The Morgan fingerprint density at radius 3 is 2.62 bits per heavy atom. The van der Waals surface area contributed by atoms with Crippen LogP contribution in [0.5, 0.6) is 5.75 Å². The van der Waals surface area contributed by atoms with Gasteiger partial charge < -0.3 is 14.7 Å². The zero-order chi connectivity index (χ0) is 16.0. The number of hydrogen-bond donors (Lipinski definition) is 1. The fourth-order valence-electron chi connectivity index (χ4n) is 2.28. The van der Waals surface area contributed by atoms with Gasteiger partial charge in [0.05, 0.1) is 18.2 Å². The van der Waals surface area contributed by atoms with Gasteiger partial charge in [-0.1, -0.05) is 33.8 Å². The molecule has 1 N–H and O–H groups in total. The minimum atomic E-state index is -0.0587. The van der Waals surface area contributed by atoms with Gasteiger partial charge in [0.15, 0.2) is 0 Å². The summed E-state index contributed by atoms with van der Waals surface area (Å²) in [6.07, 6.45) is 0. The van der Waals surface area contributed by atoms with Crippen molar-refractivity contribution in [1.82, 2.24) is 4.90 Å². The highest BCUT2D eigenvalue weighted by Gasteiger charge is 2.28. The highest BCUT2D eigenvalue weighted by Crippen LogP contribution is 2.28. The van der Waals surface area contributed by atoms with Crippen LogP contribution >= 0.6 is 0 Å². The van der Waals surface area contributed by atoms with Gasteiger partial charge in [-0.3, -0.25) is 4.79 Å². The smallest absolute Gasteiger partial charge is 0.258 e. The number of rotatable bonds is 3. The van der Waals surface area contributed by atoms with Crippen molar-refractivity contribution in [2.45, 2.75) is 46.6 Å². The number of amides is 1. The number of carbonyl (C=O) groups excluding carboxylic acids is 1. The van der Waals surface area contributed by atoms with Crippen molar-refractivity contribution in [2.75, 3.05) is 19.8 Å². The molecule has 0 saturated carbocycles. The quantitative estimate of drug-likeness (QED) is 0.932. The molecule has 21 heavy (non-hydrogen) atoms. The number of aliphatic hydroxyl groups is 1. The van der Waals surface area contributed by atoms with Crippen molar-refractivity contribution in [2.24, 2.45) is 0 Å². The van der Waals surface area contributed by atoms with Crippen molar-refractivity contribution in [3.8, 4) is 5.75 Å². The molecule has 0 radical (unpaired) electrons. The molecule has 0 spiro atoms. The van der Waals surface area contributed by atoms with Crippen LogP contribution in [0.2, 0.25) is 0 Å². The van der Waals surface area contributed by atoms with Crippen LogP contribution in [0.15, 0.2) is 18.2 Å². The van der Waals surface area contributed by atoms with Gasteiger partial charge in [0.1, 0.15) is 12.4 Å². The third-order valence-electron chi connectivity index (χ3n) is 3.51. The lowest BCUT2D eigenvalue weighted by molar-refractivity contribution is 0.0629. The van der Waals surface area contributed by atoms with E-state index in [-0.39, 0.29) is 18.6 Å². The molecule has 2 rings (SSSR count). The molecule has 0 aromatic heterocycles. The van der Waals surface area contributed by atoms with Crippen molar-refractivity contribution in [1.29, 1.82) is 0 Å². The van der Waals surface area contributed by atoms with Crippen LogP contribution in [0.25, 0.3) is 0 Å². The van der Waals surface area contributed by atoms with Crippen LogP contribution in [0, 0.1) is 0 Å². The molecule has 0 saturated heterocycles. The molecule has 1 aromatic rings. The number of β-amino-alcohol motifs (C(OH)–C–C–N with tert-alkyl or cyclic N) is 1. The molecule has 4 heteroatoms. The van der Waals surface area contributed by atoms with Gasteiger partial charge in [-0.05, 0) is 30.5 Å². The second-order valence-electron chi connectivity index (χ2n) is 5.29. The lowest BCUT2D eigenvalue weighted by Crippen LogP contribution is -2.41. The molecule has 1 heterocycles. The Morgan fingerprint density at radius 1 is 1.38 bits per heavy atom. The minimum absolute atomic E-state index is 0.0325. The van der Waals surface area contributed by atoms with E-state index in [4.69, 9.17) is 9.84 Å². The van der Waals surface area contributed by atoms with Crippen molar-refractivity contribution in [3.63, 3.8) is 0 Å². The van der Waals surface area contributed by atoms with Crippen LogP contribution < -0.4 is 4.74 Å². The van der Waals surface area contributed by atoms with E-state index in [2.05, 4.69) is 13.8 Å². The van der Waals surface area contributed by atoms with Crippen molar-refractivity contribution < 1.29 is 14.6 Å². The molecule has 0 unspecified atom stereocenters. The number of fused-ring (bicyclic) bond motifs is 1. The summed E-state index contributed by atoms with van der Waals surface area (Å²) in [5.41, 5.74) is 1.72. The molecule has 1 aromatic carbocycles. The first-order chi connectivity index (χ1) is 10.0. The zero-order valence-electron chi connectivity index (χ0n) is 13.7. The summed E-state index contributed by atoms with van der Waals surface area (Å²) in [4.78, 5) is 14.2. The SMILES string of the molecule is CC.CC(C)c1ccc2c(c1)C(=O)N(CCO)[C@@H](C)CO2. The highest BCUT2D eigenvalue weighted by atomic mass is 16.5. The maximum Gasteiger partial charge on any atom is 0.258 e. The van der Waals surface area contributed by atoms with Crippen LogP contribution in [-0.4, -0.2) is 41.7 Å². The Labute approximate surface area is 127 Å². The summed E-state index contributed by atoms with van der Waals surface area (Å²) in [5, 5.41) is 9.10. The number of ether oxygens (including phenoxy) is 1. The summed E-state index contributed by atoms with van der Waals surface area (Å²) < 4.78 is 5.70. The summed E-state index contributed by atoms with van der Waals surface area (Å²) in [6.45, 7) is 10.9. The number of carbonyl (C=O) groups is 1. The number of aliphatic hydroxyl groups excluding tert-OH is 1. The van der Waals surface area contributed by atoms with E-state index >= 15 is 0 Å². The third-order valence-corrected chi connectivity index (χ3v) is 3.51. The van der Waals surface area contributed by atoms with E-state index in [0.29, 0.717) is 30.4 Å². The first-order valence-corrected chi connectivity index (χ1v) is 7.73. The van der Waals surface area contributed by atoms with E-state index in [1.54, 1.807) is 4.90 Å². The Balaban J connectivity index is 0.00000106. The van der Waals surface area contributed by atoms with E-state index < -0.39 is 0 Å². The second kappa shape index (κ2) is 8.03. The van der Waals surface area contributed by atoms with Crippen LogP contribution in [0.1, 0.15) is 56.5 Å². The molecule has 4 nitrogen and oxygen atoms in total. The van der Waals surface area contributed by atoms with E-state index in [0.717, 1.165) is 5.56 Å². The molecule has 1 amide bonds. The molecule has 1 atom stereocenters. The van der Waals surface area contributed by atoms with Gasteiger partial charge in [-0.2, -0.15) is 0 Å². The summed E-state index contributed by atoms with van der Waals surface area (Å²) in [5.74, 6) is 0.948. The fourth-order valence-corrected chi connectivity index (χ4v) is 2.28. The standard InChI is InChI=1S/C15H21NO3.C2H6/c1-10(2)12-4-5-14-13(8-12)15(18)16(6-7-17)11(3)9-19-14;1-2/h4-5,8,10-11,17H,6-7,9H2,1-3H3;1-2H3/t11-;/m0./s1. The Kier molecular flexibility index (Phi) is 6.69. The topological polar surface area (TPSA) is 49.8 Å². The summed E-state index contributed by atoms with van der Waals surface area (Å²) in [6, 6.07) is 5.75. The predicted octanol–water partition coefficient (Wildman–Crippen LogP) is 3.05. The van der Waals surface area contributed by atoms with Crippen LogP contribution in [0.3, 0.4) is 0 Å². The third kappa shape index (κ3) is 3.97. The van der Waals surface area contributed by atoms with Gasteiger partial charge in [0.2, 0.25) is 0 Å². The van der Waals surface area contributed by atoms with E-state index in [1.165, 1.54) is 0 Å².